The molecule has 0 aliphatic heterocycles. The second-order valence-corrected chi connectivity index (χ2v) is 2.23. The molecule has 0 saturated heterocycles. The maximum atomic E-state index is 10.9. The van der Waals surface area contributed by atoms with Crippen molar-refractivity contribution in [3.63, 3.8) is 0 Å². The van der Waals surface area contributed by atoms with E-state index in [1.807, 2.05) is 12.2 Å². The van der Waals surface area contributed by atoms with E-state index in [-0.39, 0.29) is 5.92 Å². The SMILES string of the molecule is C=CCC1C=CCC1=O. The lowest BCUT2D eigenvalue weighted by Crippen LogP contribution is -2.03. The van der Waals surface area contributed by atoms with Gasteiger partial charge < -0.3 is 0 Å². The largest absolute Gasteiger partial charge is 0.299 e. The third-order valence-electron chi connectivity index (χ3n) is 1.52. The lowest BCUT2D eigenvalue weighted by Gasteiger charge is -1.98. The lowest BCUT2D eigenvalue weighted by molar-refractivity contribution is -0.119. The highest BCUT2D eigenvalue weighted by Crippen LogP contribution is 2.16. The van der Waals surface area contributed by atoms with Gasteiger partial charge in [0.15, 0.2) is 0 Å². The number of carbonyl (C=O) groups is 1. The Bertz CT molecular complexity index is 156. The minimum atomic E-state index is 0.141. The van der Waals surface area contributed by atoms with E-state index in [2.05, 4.69) is 6.58 Å². The fourth-order valence-corrected chi connectivity index (χ4v) is 0.997. The first-order valence-corrected chi connectivity index (χ1v) is 3.15. The second kappa shape index (κ2) is 2.62. The fourth-order valence-electron chi connectivity index (χ4n) is 0.997. The van der Waals surface area contributed by atoms with Gasteiger partial charge in [0.05, 0.1) is 0 Å². The number of hydrogen-bond donors (Lipinski definition) is 0. The van der Waals surface area contributed by atoms with E-state index in [4.69, 9.17) is 0 Å². The highest BCUT2D eigenvalue weighted by molar-refractivity contribution is 5.86. The summed E-state index contributed by atoms with van der Waals surface area (Å²) >= 11 is 0. The Morgan fingerprint density at radius 1 is 1.89 bits per heavy atom. The summed E-state index contributed by atoms with van der Waals surface area (Å²) in [6.45, 7) is 3.57. The summed E-state index contributed by atoms with van der Waals surface area (Å²) in [6.07, 6.45) is 7.10. The van der Waals surface area contributed by atoms with Crippen molar-refractivity contribution in [3.05, 3.63) is 24.8 Å². The number of Topliss-reactive ketones (excluding diaryl/α,β-unsaturated/α-hetero) is 1. The van der Waals surface area contributed by atoms with Gasteiger partial charge in [0.2, 0.25) is 0 Å². The van der Waals surface area contributed by atoms with Crippen molar-refractivity contribution in [2.24, 2.45) is 5.92 Å². The summed E-state index contributed by atoms with van der Waals surface area (Å²) in [5.74, 6) is 0.470. The molecule has 0 aromatic carbocycles. The molecule has 0 aromatic heterocycles. The summed E-state index contributed by atoms with van der Waals surface area (Å²) in [5.41, 5.74) is 0. The molecule has 0 amide bonds. The number of carbonyl (C=O) groups excluding carboxylic acids is 1. The van der Waals surface area contributed by atoms with Crippen LogP contribution in [0.15, 0.2) is 24.8 Å². The van der Waals surface area contributed by atoms with Crippen LogP contribution in [-0.2, 0) is 4.79 Å². The van der Waals surface area contributed by atoms with E-state index >= 15 is 0 Å². The minimum absolute atomic E-state index is 0.141. The smallest absolute Gasteiger partial charge is 0.143 e. The Morgan fingerprint density at radius 2 is 2.67 bits per heavy atom. The average Bonchev–Trinajstić information content (AvgIpc) is 2.18. The Hall–Kier alpha value is -0.850. The van der Waals surface area contributed by atoms with Crippen molar-refractivity contribution in [2.75, 3.05) is 0 Å². The van der Waals surface area contributed by atoms with E-state index in [0.29, 0.717) is 12.2 Å². The maximum Gasteiger partial charge on any atom is 0.143 e. The highest BCUT2D eigenvalue weighted by Gasteiger charge is 2.16. The lowest BCUT2D eigenvalue weighted by atomic mass is 10.0. The topological polar surface area (TPSA) is 17.1 Å². The molecule has 1 atom stereocenters. The van der Waals surface area contributed by atoms with Gasteiger partial charge in [-0.2, -0.15) is 0 Å². The number of rotatable bonds is 2. The molecule has 0 spiro atoms. The monoisotopic (exact) mass is 122 g/mol. The molecule has 0 fully saturated rings. The summed E-state index contributed by atoms with van der Waals surface area (Å²) in [6, 6.07) is 0. The molecule has 0 heterocycles. The zero-order valence-electron chi connectivity index (χ0n) is 5.34. The summed E-state index contributed by atoms with van der Waals surface area (Å²) in [5, 5.41) is 0. The standard InChI is InChI=1S/C8H10O/c1-2-4-7-5-3-6-8(7)9/h2-3,5,7H,1,4,6H2. The molecular weight excluding hydrogens is 112 g/mol. The Balaban J connectivity index is 2.48. The average molecular weight is 122 g/mol. The Labute approximate surface area is 55.1 Å². The molecule has 1 aliphatic rings. The van der Waals surface area contributed by atoms with Crippen LogP contribution in [0.5, 0.6) is 0 Å². The Kier molecular flexibility index (Phi) is 1.83. The zero-order chi connectivity index (χ0) is 6.69. The van der Waals surface area contributed by atoms with Crippen LogP contribution in [0.2, 0.25) is 0 Å². The molecule has 9 heavy (non-hydrogen) atoms. The highest BCUT2D eigenvalue weighted by atomic mass is 16.1. The van der Waals surface area contributed by atoms with Crippen molar-refractivity contribution in [1.29, 1.82) is 0 Å². The van der Waals surface area contributed by atoms with Crippen LogP contribution in [0.4, 0.5) is 0 Å². The molecule has 1 unspecified atom stereocenters. The van der Waals surface area contributed by atoms with Crippen LogP contribution in [0.3, 0.4) is 0 Å². The van der Waals surface area contributed by atoms with Crippen molar-refractivity contribution in [2.45, 2.75) is 12.8 Å². The quantitative estimate of drug-likeness (QED) is 0.509. The van der Waals surface area contributed by atoms with Gasteiger partial charge in [-0.05, 0) is 6.42 Å². The van der Waals surface area contributed by atoms with Crippen LogP contribution >= 0.6 is 0 Å². The molecule has 0 aromatic rings. The fraction of sp³-hybridized carbons (Fsp3) is 0.375. The molecule has 0 bridgehead atoms. The van der Waals surface area contributed by atoms with E-state index in [0.717, 1.165) is 6.42 Å². The number of hydrogen-bond acceptors (Lipinski definition) is 1. The number of ketones is 1. The van der Waals surface area contributed by atoms with E-state index in [9.17, 15) is 4.79 Å². The minimum Gasteiger partial charge on any atom is -0.299 e. The van der Waals surface area contributed by atoms with Gasteiger partial charge >= 0.3 is 0 Å². The predicted octanol–water partition coefficient (Wildman–Crippen LogP) is 1.71. The van der Waals surface area contributed by atoms with Gasteiger partial charge in [0.25, 0.3) is 0 Å². The predicted molar refractivity (Wildman–Crippen MR) is 37.1 cm³/mol. The molecule has 0 saturated carbocycles. The summed E-state index contributed by atoms with van der Waals surface area (Å²) in [4.78, 5) is 10.9. The van der Waals surface area contributed by atoms with Gasteiger partial charge in [0.1, 0.15) is 5.78 Å². The maximum absolute atomic E-state index is 10.9. The zero-order valence-corrected chi connectivity index (χ0v) is 5.34. The van der Waals surface area contributed by atoms with Crippen molar-refractivity contribution in [3.8, 4) is 0 Å². The first-order chi connectivity index (χ1) is 4.34. The summed E-state index contributed by atoms with van der Waals surface area (Å²) in [7, 11) is 0. The third kappa shape index (κ3) is 1.28. The van der Waals surface area contributed by atoms with E-state index in [1.165, 1.54) is 0 Å². The van der Waals surface area contributed by atoms with Gasteiger partial charge in [-0.25, -0.2) is 0 Å². The van der Waals surface area contributed by atoms with Crippen LogP contribution in [-0.4, -0.2) is 5.78 Å². The molecule has 1 rings (SSSR count). The third-order valence-corrected chi connectivity index (χ3v) is 1.52. The van der Waals surface area contributed by atoms with Crippen LogP contribution in [0.25, 0.3) is 0 Å². The Morgan fingerprint density at radius 3 is 3.11 bits per heavy atom. The van der Waals surface area contributed by atoms with E-state index < -0.39 is 0 Å². The molecule has 0 radical (unpaired) electrons. The van der Waals surface area contributed by atoms with Gasteiger partial charge in [-0.1, -0.05) is 18.2 Å². The molecule has 1 aliphatic carbocycles. The number of allylic oxidation sites excluding steroid dienone is 3. The van der Waals surface area contributed by atoms with Crippen LogP contribution < -0.4 is 0 Å². The first-order valence-electron chi connectivity index (χ1n) is 3.15. The van der Waals surface area contributed by atoms with Gasteiger partial charge in [-0.15, -0.1) is 6.58 Å². The summed E-state index contributed by atoms with van der Waals surface area (Å²) < 4.78 is 0. The molecule has 1 nitrogen and oxygen atoms in total. The van der Waals surface area contributed by atoms with Gasteiger partial charge in [-0.3, -0.25) is 4.79 Å². The molecule has 1 heteroatoms. The van der Waals surface area contributed by atoms with E-state index in [1.54, 1.807) is 6.08 Å². The molecule has 0 N–H and O–H groups in total. The van der Waals surface area contributed by atoms with Crippen molar-refractivity contribution in [1.82, 2.24) is 0 Å². The normalized spacial score (nSPS) is 24.9. The molecule has 48 valence electrons. The van der Waals surface area contributed by atoms with Crippen LogP contribution in [0, 0.1) is 5.92 Å². The van der Waals surface area contributed by atoms with Crippen molar-refractivity contribution >= 4 is 5.78 Å². The first kappa shape index (κ1) is 6.27. The molecular formula is C8H10O. The second-order valence-electron chi connectivity index (χ2n) is 2.23. The van der Waals surface area contributed by atoms with Crippen molar-refractivity contribution < 1.29 is 4.79 Å². The van der Waals surface area contributed by atoms with Crippen LogP contribution in [0.1, 0.15) is 12.8 Å². The van der Waals surface area contributed by atoms with Gasteiger partial charge in [0, 0.05) is 12.3 Å².